The molecule has 4 rings (SSSR count). The summed E-state index contributed by atoms with van der Waals surface area (Å²) in [5, 5.41) is 8.16. The molecule has 1 N–H and O–H groups in total. The number of allylic oxidation sites excluding steroid dienone is 1. The van der Waals surface area contributed by atoms with Crippen LogP contribution in [0.1, 0.15) is 18.9 Å². The molecule has 0 spiro atoms. The van der Waals surface area contributed by atoms with Gasteiger partial charge in [-0.25, -0.2) is 9.48 Å². The number of esters is 1. The maximum absolute atomic E-state index is 11.9. The second-order valence-corrected chi connectivity index (χ2v) is 6.64. The normalized spacial score (nSPS) is 15.6. The predicted octanol–water partition coefficient (Wildman–Crippen LogP) is 4.48. The number of cyclic esters (lactones) is 1. The zero-order valence-corrected chi connectivity index (χ0v) is 15.4. The van der Waals surface area contributed by atoms with Gasteiger partial charge in [-0.2, -0.15) is 5.10 Å². The third kappa shape index (κ3) is 3.49. The van der Waals surface area contributed by atoms with Crippen molar-refractivity contribution >= 4 is 11.8 Å². The van der Waals surface area contributed by atoms with Crippen molar-refractivity contribution < 1.29 is 9.53 Å². The molecule has 5 nitrogen and oxygen atoms in total. The first-order valence-corrected chi connectivity index (χ1v) is 8.98. The molecule has 136 valence electrons. The highest BCUT2D eigenvalue weighted by Crippen LogP contribution is 2.27. The largest absolute Gasteiger partial charge is 0.462 e. The zero-order valence-electron chi connectivity index (χ0n) is 15.4. The lowest BCUT2D eigenvalue weighted by molar-refractivity contribution is -0.135. The first kappa shape index (κ1) is 17.1. The molecule has 2 aromatic carbocycles. The molecule has 0 unspecified atom stereocenters. The Labute approximate surface area is 158 Å². The summed E-state index contributed by atoms with van der Waals surface area (Å²) < 4.78 is 6.93. The minimum absolute atomic E-state index is 0.246. The van der Waals surface area contributed by atoms with Gasteiger partial charge in [0.25, 0.3) is 0 Å². The van der Waals surface area contributed by atoms with Gasteiger partial charge in [-0.15, -0.1) is 0 Å². The SMILES string of the molecule is C/C(Nc1cc(-c2ccc(C)cc2)nn1-c1ccccc1)=C1\CCOC1=O. The van der Waals surface area contributed by atoms with Crippen molar-refractivity contribution in [2.75, 3.05) is 11.9 Å². The number of hydrogen-bond acceptors (Lipinski definition) is 4. The summed E-state index contributed by atoms with van der Waals surface area (Å²) in [5.74, 6) is 0.561. The molecular weight excluding hydrogens is 338 g/mol. The molecule has 0 atom stereocenters. The Morgan fingerprint density at radius 2 is 1.85 bits per heavy atom. The zero-order chi connectivity index (χ0) is 18.8. The van der Waals surface area contributed by atoms with Gasteiger partial charge < -0.3 is 10.1 Å². The van der Waals surface area contributed by atoms with E-state index in [-0.39, 0.29) is 5.97 Å². The van der Waals surface area contributed by atoms with Crippen LogP contribution in [0.25, 0.3) is 16.9 Å². The predicted molar refractivity (Wildman–Crippen MR) is 106 cm³/mol. The van der Waals surface area contributed by atoms with Crippen molar-refractivity contribution in [3.05, 3.63) is 77.5 Å². The quantitative estimate of drug-likeness (QED) is 0.551. The number of nitrogens with one attached hydrogen (secondary N) is 1. The fraction of sp³-hybridized carbons (Fsp3) is 0.182. The molecule has 27 heavy (non-hydrogen) atoms. The number of nitrogens with zero attached hydrogens (tertiary/aromatic N) is 2. The van der Waals surface area contributed by atoms with Crippen LogP contribution in [0.4, 0.5) is 5.82 Å². The van der Waals surface area contributed by atoms with E-state index >= 15 is 0 Å². The van der Waals surface area contributed by atoms with E-state index in [2.05, 4.69) is 36.5 Å². The van der Waals surface area contributed by atoms with E-state index in [1.807, 2.05) is 48.0 Å². The maximum atomic E-state index is 11.9. The molecule has 0 saturated carbocycles. The summed E-state index contributed by atoms with van der Waals surface area (Å²) in [5.41, 5.74) is 5.56. The van der Waals surface area contributed by atoms with E-state index in [0.717, 1.165) is 28.5 Å². The van der Waals surface area contributed by atoms with Gasteiger partial charge >= 0.3 is 5.97 Å². The molecular formula is C22H21N3O2. The minimum Gasteiger partial charge on any atom is -0.462 e. The summed E-state index contributed by atoms with van der Waals surface area (Å²) >= 11 is 0. The number of aryl methyl sites for hydroxylation is 1. The topological polar surface area (TPSA) is 56.1 Å². The second kappa shape index (κ2) is 7.11. The molecule has 0 radical (unpaired) electrons. The number of benzene rings is 2. The first-order chi connectivity index (χ1) is 13.1. The van der Waals surface area contributed by atoms with Crippen LogP contribution >= 0.6 is 0 Å². The van der Waals surface area contributed by atoms with Crippen molar-refractivity contribution in [2.24, 2.45) is 0 Å². The molecule has 2 heterocycles. The van der Waals surface area contributed by atoms with Gasteiger partial charge in [0.2, 0.25) is 0 Å². The molecule has 1 aliphatic heterocycles. The number of carbonyl (C=O) groups is 1. The number of rotatable bonds is 4. The van der Waals surface area contributed by atoms with E-state index in [9.17, 15) is 4.79 Å². The molecule has 1 aliphatic rings. The van der Waals surface area contributed by atoms with Crippen LogP contribution in [-0.4, -0.2) is 22.4 Å². The number of para-hydroxylation sites is 1. The van der Waals surface area contributed by atoms with E-state index < -0.39 is 0 Å². The van der Waals surface area contributed by atoms with Gasteiger partial charge in [-0.05, 0) is 26.0 Å². The monoisotopic (exact) mass is 359 g/mol. The van der Waals surface area contributed by atoms with E-state index in [1.165, 1.54) is 5.56 Å². The number of carbonyl (C=O) groups excluding carboxylic acids is 1. The summed E-state index contributed by atoms with van der Waals surface area (Å²) in [6.07, 6.45) is 0.627. The van der Waals surface area contributed by atoms with E-state index in [4.69, 9.17) is 9.84 Å². The molecule has 0 aliphatic carbocycles. The molecule has 1 fully saturated rings. The Balaban J connectivity index is 1.77. The highest BCUT2D eigenvalue weighted by Gasteiger charge is 2.22. The average Bonchev–Trinajstić information content (AvgIpc) is 3.29. The molecule has 0 bridgehead atoms. The van der Waals surface area contributed by atoms with Gasteiger partial charge in [0.1, 0.15) is 5.82 Å². The fourth-order valence-corrected chi connectivity index (χ4v) is 3.14. The first-order valence-electron chi connectivity index (χ1n) is 8.98. The second-order valence-electron chi connectivity index (χ2n) is 6.64. The van der Waals surface area contributed by atoms with Gasteiger partial charge in [-0.3, -0.25) is 0 Å². The van der Waals surface area contributed by atoms with Gasteiger partial charge in [0, 0.05) is 23.7 Å². The molecule has 1 aromatic heterocycles. The maximum Gasteiger partial charge on any atom is 0.335 e. The van der Waals surface area contributed by atoms with Crippen molar-refractivity contribution in [3.8, 4) is 16.9 Å². The number of ether oxygens (including phenoxy) is 1. The highest BCUT2D eigenvalue weighted by atomic mass is 16.5. The Morgan fingerprint density at radius 1 is 1.11 bits per heavy atom. The van der Waals surface area contributed by atoms with Crippen molar-refractivity contribution in [1.29, 1.82) is 0 Å². The molecule has 5 heteroatoms. The van der Waals surface area contributed by atoms with E-state index in [0.29, 0.717) is 18.6 Å². The van der Waals surface area contributed by atoms with Crippen molar-refractivity contribution in [1.82, 2.24) is 9.78 Å². The van der Waals surface area contributed by atoms with Crippen molar-refractivity contribution in [2.45, 2.75) is 20.3 Å². The summed E-state index contributed by atoms with van der Waals surface area (Å²) in [4.78, 5) is 11.9. The number of aromatic nitrogens is 2. The Kier molecular flexibility index (Phi) is 4.50. The number of hydrogen-bond donors (Lipinski definition) is 1. The van der Waals surface area contributed by atoms with Crippen LogP contribution < -0.4 is 5.32 Å². The van der Waals surface area contributed by atoms with Gasteiger partial charge in [-0.1, -0.05) is 48.0 Å². The molecule has 3 aromatic rings. The highest BCUT2D eigenvalue weighted by molar-refractivity contribution is 5.91. The van der Waals surface area contributed by atoms with Crippen LogP contribution in [0.15, 0.2) is 71.9 Å². The smallest absolute Gasteiger partial charge is 0.335 e. The Morgan fingerprint density at radius 3 is 2.52 bits per heavy atom. The van der Waals surface area contributed by atoms with Crippen LogP contribution in [0.5, 0.6) is 0 Å². The summed E-state index contributed by atoms with van der Waals surface area (Å²) in [6.45, 7) is 4.41. The lowest BCUT2D eigenvalue weighted by atomic mass is 10.1. The van der Waals surface area contributed by atoms with Crippen molar-refractivity contribution in [3.63, 3.8) is 0 Å². The Hall–Kier alpha value is -3.34. The van der Waals surface area contributed by atoms with Crippen LogP contribution in [0.2, 0.25) is 0 Å². The summed E-state index contributed by atoms with van der Waals surface area (Å²) in [6, 6.07) is 20.2. The fourth-order valence-electron chi connectivity index (χ4n) is 3.14. The standard InChI is InChI=1S/C22H21N3O2/c1-15-8-10-17(11-9-15)20-14-21(23-16(2)19-12-13-27-22(19)26)25(24-20)18-6-4-3-5-7-18/h3-11,14,23H,12-13H2,1-2H3/b19-16-. The van der Waals surface area contributed by atoms with Gasteiger partial charge in [0.05, 0.1) is 23.6 Å². The van der Waals surface area contributed by atoms with E-state index in [1.54, 1.807) is 0 Å². The number of anilines is 1. The minimum atomic E-state index is -0.246. The van der Waals surface area contributed by atoms with Crippen LogP contribution in [0, 0.1) is 6.92 Å². The third-order valence-corrected chi connectivity index (χ3v) is 4.66. The van der Waals surface area contributed by atoms with Gasteiger partial charge in [0.15, 0.2) is 0 Å². The average molecular weight is 359 g/mol. The summed E-state index contributed by atoms with van der Waals surface area (Å²) in [7, 11) is 0. The van der Waals surface area contributed by atoms with Crippen LogP contribution in [-0.2, 0) is 9.53 Å². The lowest BCUT2D eigenvalue weighted by Crippen LogP contribution is -2.08. The third-order valence-electron chi connectivity index (χ3n) is 4.66. The molecule has 1 saturated heterocycles. The lowest BCUT2D eigenvalue weighted by Gasteiger charge is -2.11. The van der Waals surface area contributed by atoms with Crippen LogP contribution in [0.3, 0.4) is 0 Å². The molecule has 0 amide bonds. The Bertz CT molecular complexity index is 1000.